The largest absolute Gasteiger partial charge is 0.493 e. The second-order valence-electron chi connectivity index (χ2n) is 7.19. The van der Waals surface area contributed by atoms with E-state index in [9.17, 15) is 0 Å². The Bertz CT molecular complexity index is 1230. The van der Waals surface area contributed by atoms with Crippen molar-refractivity contribution in [3.05, 3.63) is 100 Å². The molecule has 0 spiro atoms. The molecule has 0 saturated heterocycles. The molecule has 1 aromatic heterocycles. The van der Waals surface area contributed by atoms with E-state index in [1.165, 1.54) is 5.56 Å². The maximum atomic E-state index is 5.94. The molecule has 0 saturated carbocycles. The number of benzene rings is 3. The molecule has 6 nitrogen and oxygen atoms in total. The molecule has 0 aliphatic heterocycles. The van der Waals surface area contributed by atoms with Gasteiger partial charge >= 0.3 is 0 Å². The summed E-state index contributed by atoms with van der Waals surface area (Å²) >= 11 is 7.54. The number of hydrogen-bond acceptors (Lipinski definition) is 6. The number of ether oxygens (including phenoxy) is 2. The minimum absolute atomic E-state index is 0.420. The molecule has 0 atom stereocenters. The lowest BCUT2D eigenvalue weighted by atomic mass is 10.2. The van der Waals surface area contributed by atoms with E-state index in [0.29, 0.717) is 23.1 Å². The molecule has 8 heteroatoms. The van der Waals surface area contributed by atoms with Crippen LogP contribution in [0.4, 0.5) is 0 Å². The zero-order valence-corrected chi connectivity index (χ0v) is 19.9. The number of hydrogen-bond donors (Lipinski definition) is 0. The molecule has 0 aliphatic rings. The van der Waals surface area contributed by atoms with E-state index in [1.54, 1.807) is 29.8 Å². The third kappa shape index (κ3) is 6.15. The van der Waals surface area contributed by atoms with Gasteiger partial charge in [-0.1, -0.05) is 65.8 Å². The first-order chi connectivity index (χ1) is 16.1. The summed E-state index contributed by atoms with van der Waals surface area (Å²) < 4.78 is 13.2. The van der Waals surface area contributed by atoms with Gasteiger partial charge in [0, 0.05) is 10.8 Å². The Morgan fingerprint density at radius 2 is 1.76 bits per heavy atom. The average molecular weight is 479 g/mol. The maximum Gasteiger partial charge on any atom is 0.212 e. The van der Waals surface area contributed by atoms with Crippen molar-refractivity contribution in [1.29, 1.82) is 0 Å². The van der Waals surface area contributed by atoms with Crippen LogP contribution in [0.15, 0.2) is 83.1 Å². The van der Waals surface area contributed by atoms with Crippen molar-refractivity contribution in [2.75, 3.05) is 7.11 Å². The minimum atomic E-state index is 0.420. The van der Waals surface area contributed by atoms with Gasteiger partial charge in [-0.25, -0.2) is 0 Å². The topological polar surface area (TPSA) is 61.5 Å². The second kappa shape index (κ2) is 11.0. The average Bonchev–Trinajstić information content (AvgIpc) is 3.21. The van der Waals surface area contributed by atoms with Gasteiger partial charge in [-0.05, 0) is 53.9 Å². The molecule has 0 bridgehead atoms. The van der Waals surface area contributed by atoms with Gasteiger partial charge < -0.3 is 9.47 Å². The minimum Gasteiger partial charge on any atom is -0.493 e. The van der Waals surface area contributed by atoms with E-state index in [1.807, 2.05) is 67.6 Å². The molecular weight excluding hydrogens is 456 g/mol. The Labute approximate surface area is 202 Å². The summed E-state index contributed by atoms with van der Waals surface area (Å²) in [5, 5.41) is 14.5. The molecule has 0 unspecified atom stereocenters. The highest BCUT2D eigenvalue weighted by atomic mass is 35.5. The van der Waals surface area contributed by atoms with Crippen LogP contribution in [0.1, 0.15) is 22.5 Å². The van der Waals surface area contributed by atoms with Crippen molar-refractivity contribution in [1.82, 2.24) is 14.9 Å². The first-order valence-corrected chi connectivity index (χ1v) is 11.7. The molecule has 33 heavy (non-hydrogen) atoms. The van der Waals surface area contributed by atoms with Crippen molar-refractivity contribution >= 4 is 29.6 Å². The van der Waals surface area contributed by atoms with E-state index in [2.05, 4.69) is 27.4 Å². The van der Waals surface area contributed by atoms with Crippen LogP contribution in [0, 0.1) is 6.92 Å². The van der Waals surface area contributed by atoms with Crippen LogP contribution in [0.5, 0.6) is 11.5 Å². The first-order valence-electron chi connectivity index (χ1n) is 10.3. The predicted molar refractivity (Wildman–Crippen MR) is 133 cm³/mol. The molecule has 0 N–H and O–H groups in total. The van der Waals surface area contributed by atoms with Crippen molar-refractivity contribution in [3.63, 3.8) is 0 Å². The van der Waals surface area contributed by atoms with Gasteiger partial charge in [0.2, 0.25) is 5.16 Å². The summed E-state index contributed by atoms with van der Waals surface area (Å²) in [6, 6.07) is 23.5. The number of nitrogens with zero attached hydrogens (tertiary/aromatic N) is 4. The zero-order valence-electron chi connectivity index (χ0n) is 18.3. The van der Waals surface area contributed by atoms with E-state index in [0.717, 1.165) is 27.9 Å². The van der Waals surface area contributed by atoms with Crippen molar-refractivity contribution < 1.29 is 9.47 Å². The highest BCUT2D eigenvalue weighted by molar-refractivity contribution is 7.98. The van der Waals surface area contributed by atoms with Gasteiger partial charge in [-0.2, -0.15) is 9.78 Å². The van der Waals surface area contributed by atoms with E-state index >= 15 is 0 Å². The summed E-state index contributed by atoms with van der Waals surface area (Å²) in [5.41, 5.74) is 3.12. The number of aryl methyl sites for hydroxylation is 1. The van der Waals surface area contributed by atoms with Gasteiger partial charge in [-0.15, -0.1) is 10.2 Å². The van der Waals surface area contributed by atoms with Gasteiger partial charge in [0.25, 0.3) is 0 Å². The maximum absolute atomic E-state index is 5.94. The second-order valence-corrected chi connectivity index (χ2v) is 8.56. The highest BCUT2D eigenvalue weighted by Crippen LogP contribution is 2.29. The third-order valence-corrected chi connectivity index (χ3v) is 6.04. The molecule has 4 rings (SSSR count). The van der Waals surface area contributed by atoms with E-state index in [4.69, 9.17) is 21.1 Å². The van der Waals surface area contributed by atoms with E-state index < -0.39 is 0 Å². The molecule has 4 aromatic rings. The van der Waals surface area contributed by atoms with Crippen molar-refractivity contribution in [2.24, 2.45) is 5.10 Å². The number of aromatic nitrogens is 3. The van der Waals surface area contributed by atoms with Crippen LogP contribution in [0.3, 0.4) is 0 Å². The summed E-state index contributed by atoms with van der Waals surface area (Å²) in [4.78, 5) is 0. The van der Waals surface area contributed by atoms with Crippen LogP contribution in [0.25, 0.3) is 0 Å². The predicted octanol–water partition coefficient (Wildman–Crippen LogP) is 6.00. The molecule has 3 aromatic carbocycles. The summed E-state index contributed by atoms with van der Waals surface area (Å²) in [6.07, 6.45) is 1.76. The molecule has 0 fully saturated rings. The molecule has 0 aliphatic carbocycles. The number of methoxy groups -OCH3 is 1. The van der Waals surface area contributed by atoms with Crippen LogP contribution in [0.2, 0.25) is 5.02 Å². The van der Waals surface area contributed by atoms with Crippen LogP contribution in [-0.2, 0) is 12.4 Å². The fourth-order valence-corrected chi connectivity index (χ4v) is 4.05. The molecule has 0 amide bonds. The van der Waals surface area contributed by atoms with Gasteiger partial charge in [0.15, 0.2) is 17.3 Å². The van der Waals surface area contributed by atoms with Crippen LogP contribution in [-0.4, -0.2) is 28.2 Å². The van der Waals surface area contributed by atoms with Gasteiger partial charge in [0.1, 0.15) is 6.61 Å². The normalized spacial score (nSPS) is 11.1. The van der Waals surface area contributed by atoms with Crippen LogP contribution >= 0.6 is 23.4 Å². The standard InChI is InChI=1S/C25H23ClN4O2S/c1-18-28-29-25(33-17-20-6-4-3-5-7-20)30(18)27-15-21-10-13-23(24(14-21)31-2)32-16-19-8-11-22(26)12-9-19/h3-15H,16-17H2,1-2H3/b27-15+. The number of rotatable bonds is 9. The Morgan fingerprint density at radius 3 is 2.52 bits per heavy atom. The Hall–Kier alpha value is -3.29. The number of halogens is 1. The Morgan fingerprint density at radius 1 is 0.970 bits per heavy atom. The number of thioether (sulfide) groups is 1. The third-order valence-electron chi connectivity index (χ3n) is 4.80. The lowest BCUT2D eigenvalue weighted by molar-refractivity contribution is 0.284. The van der Waals surface area contributed by atoms with Gasteiger partial charge in [0.05, 0.1) is 13.3 Å². The smallest absolute Gasteiger partial charge is 0.212 e. The fraction of sp³-hybridized carbons (Fsp3) is 0.160. The summed E-state index contributed by atoms with van der Waals surface area (Å²) in [5.74, 6) is 2.80. The van der Waals surface area contributed by atoms with Crippen LogP contribution < -0.4 is 9.47 Å². The van der Waals surface area contributed by atoms with Crippen molar-refractivity contribution in [2.45, 2.75) is 24.4 Å². The van der Waals surface area contributed by atoms with Crippen molar-refractivity contribution in [3.8, 4) is 11.5 Å². The lowest BCUT2D eigenvalue weighted by Gasteiger charge is -2.11. The monoisotopic (exact) mass is 478 g/mol. The molecule has 168 valence electrons. The SMILES string of the molecule is COc1cc(/C=N/n2c(C)nnc2SCc2ccccc2)ccc1OCc1ccc(Cl)cc1. The highest BCUT2D eigenvalue weighted by Gasteiger charge is 2.10. The molecule has 0 radical (unpaired) electrons. The lowest BCUT2D eigenvalue weighted by Crippen LogP contribution is -1.99. The summed E-state index contributed by atoms with van der Waals surface area (Å²) in [6.45, 7) is 2.30. The first kappa shape index (κ1) is 22.9. The Balaban J connectivity index is 1.45. The Kier molecular flexibility index (Phi) is 7.65. The quantitative estimate of drug-likeness (QED) is 0.218. The van der Waals surface area contributed by atoms with Gasteiger partial charge in [-0.3, -0.25) is 0 Å². The van der Waals surface area contributed by atoms with E-state index in [-0.39, 0.29) is 0 Å². The summed E-state index contributed by atoms with van der Waals surface area (Å²) in [7, 11) is 1.62. The molecule has 1 heterocycles. The fourth-order valence-electron chi connectivity index (χ4n) is 3.03. The zero-order chi connectivity index (χ0) is 23.0. The molecular formula is C25H23ClN4O2S.